The molecule has 0 radical (unpaired) electrons. The van der Waals surface area contributed by atoms with Crippen LogP contribution in [0.15, 0.2) is 27.6 Å². The molecule has 0 spiro atoms. The van der Waals surface area contributed by atoms with Gasteiger partial charge in [-0.25, -0.2) is 12.8 Å². The second kappa shape index (κ2) is 5.22. The van der Waals surface area contributed by atoms with Gasteiger partial charge in [-0.15, -0.1) is 0 Å². The van der Waals surface area contributed by atoms with E-state index in [0.717, 1.165) is 10.4 Å². The van der Waals surface area contributed by atoms with Gasteiger partial charge >= 0.3 is 0 Å². The SMILES string of the molecule is NC1COCCN1S(=O)(=O)c1ccc(Br)cc1F. The summed E-state index contributed by atoms with van der Waals surface area (Å²) in [4.78, 5) is -0.372. The van der Waals surface area contributed by atoms with Crippen LogP contribution in [0.2, 0.25) is 0 Å². The zero-order valence-corrected chi connectivity index (χ0v) is 11.7. The van der Waals surface area contributed by atoms with Crippen LogP contribution >= 0.6 is 15.9 Å². The predicted molar refractivity (Wildman–Crippen MR) is 66.8 cm³/mol. The second-order valence-corrected chi connectivity index (χ2v) is 6.61. The first-order chi connectivity index (χ1) is 8.43. The van der Waals surface area contributed by atoms with Gasteiger partial charge in [0.2, 0.25) is 10.0 Å². The Hall–Kier alpha value is -0.540. The molecule has 1 aromatic carbocycles. The lowest BCUT2D eigenvalue weighted by molar-refractivity contribution is 0.0349. The van der Waals surface area contributed by atoms with Crippen molar-refractivity contribution in [1.29, 1.82) is 0 Å². The number of ether oxygens (including phenoxy) is 1. The first kappa shape index (κ1) is 13.9. The van der Waals surface area contributed by atoms with Gasteiger partial charge in [0.25, 0.3) is 0 Å². The van der Waals surface area contributed by atoms with Gasteiger partial charge in [0.15, 0.2) is 0 Å². The van der Waals surface area contributed by atoms with Crippen LogP contribution in [0.25, 0.3) is 0 Å². The summed E-state index contributed by atoms with van der Waals surface area (Å²) in [5, 5.41) is 0. The maximum atomic E-state index is 13.7. The molecule has 18 heavy (non-hydrogen) atoms. The van der Waals surface area contributed by atoms with Gasteiger partial charge in [-0.1, -0.05) is 15.9 Å². The maximum absolute atomic E-state index is 13.7. The minimum atomic E-state index is -3.93. The van der Waals surface area contributed by atoms with Crippen molar-refractivity contribution in [1.82, 2.24) is 4.31 Å². The molecule has 1 unspecified atom stereocenters. The van der Waals surface area contributed by atoms with Gasteiger partial charge in [0.05, 0.1) is 19.4 Å². The zero-order chi connectivity index (χ0) is 13.3. The summed E-state index contributed by atoms with van der Waals surface area (Å²) in [5.74, 6) is -0.803. The van der Waals surface area contributed by atoms with E-state index in [1.165, 1.54) is 12.1 Å². The molecule has 0 amide bonds. The quantitative estimate of drug-likeness (QED) is 0.869. The van der Waals surface area contributed by atoms with Crippen LogP contribution in [0.3, 0.4) is 0 Å². The van der Waals surface area contributed by atoms with Crippen LogP contribution in [0, 0.1) is 5.82 Å². The lowest BCUT2D eigenvalue weighted by Crippen LogP contribution is -2.53. The van der Waals surface area contributed by atoms with E-state index in [1.54, 1.807) is 0 Å². The average Bonchev–Trinajstić information content (AvgIpc) is 2.28. The molecule has 1 aromatic rings. The molecule has 2 rings (SSSR count). The third kappa shape index (κ3) is 2.57. The molecule has 2 N–H and O–H groups in total. The second-order valence-electron chi connectivity index (χ2n) is 3.83. The molecule has 1 aliphatic heterocycles. The predicted octanol–water partition coefficient (Wildman–Crippen LogP) is 0.894. The van der Waals surface area contributed by atoms with E-state index in [-0.39, 0.29) is 24.7 Å². The Kier molecular flexibility index (Phi) is 4.02. The molecule has 5 nitrogen and oxygen atoms in total. The fourth-order valence-electron chi connectivity index (χ4n) is 1.72. The fourth-order valence-corrected chi connectivity index (χ4v) is 3.58. The highest BCUT2D eigenvalue weighted by atomic mass is 79.9. The highest BCUT2D eigenvalue weighted by molar-refractivity contribution is 9.10. The first-order valence-corrected chi connectivity index (χ1v) is 7.46. The fraction of sp³-hybridized carbons (Fsp3) is 0.400. The molecule has 1 fully saturated rings. The summed E-state index contributed by atoms with van der Waals surface area (Å²) in [5.41, 5.74) is 5.67. The molecule has 0 bridgehead atoms. The summed E-state index contributed by atoms with van der Waals surface area (Å²) in [7, 11) is -3.93. The van der Waals surface area contributed by atoms with Crippen molar-refractivity contribution >= 4 is 26.0 Å². The molecule has 100 valence electrons. The number of benzene rings is 1. The highest BCUT2D eigenvalue weighted by Crippen LogP contribution is 2.24. The Morgan fingerprint density at radius 2 is 2.22 bits per heavy atom. The van der Waals surface area contributed by atoms with E-state index in [0.29, 0.717) is 4.47 Å². The summed E-state index contributed by atoms with van der Waals surface area (Å²) in [6.45, 7) is 0.488. The van der Waals surface area contributed by atoms with E-state index >= 15 is 0 Å². The Balaban J connectivity index is 2.41. The molecule has 1 aliphatic rings. The molecule has 8 heteroatoms. The number of nitrogens with zero attached hydrogens (tertiary/aromatic N) is 1. The Morgan fingerprint density at radius 1 is 1.50 bits per heavy atom. The monoisotopic (exact) mass is 338 g/mol. The number of sulfonamides is 1. The van der Waals surface area contributed by atoms with Crippen molar-refractivity contribution in [2.24, 2.45) is 5.73 Å². The first-order valence-electron chi connectivity index (χ1n) is 5.23. The van der Waals surface area contributed by atoms with Gasteiger partial charge in [0.1, 0.15) is 10.7 Å². The minimum Gasteiger partial charge on any atom is -0.377 e. The van der Waals surface area contributed by atoms with Crippen molar-refractivity contribution in [3.8, 4) is 0 Å². The average molecular weight is 339 g/mol. The van der Waals surface area contributed by atoms with Crippen LogP contribution in [-0.4, -0.2) is 38.6 Å². The van der Waals surface area contributed by atoms with Crippen LogP contribution in [0.1, 0.15) is 0 Å². The van der Waals surface area contributed by atoms with Crippen molar-refractivity contribution < 1.29 is 17.5 Å². The highest BCUT2D eigenvalue weighted by Gasteiger charge is 2.33. The zero-order valence-electron chi connectivity index (χ0n) is 9.34. The summed E-state index contributed by atoms with van der Waals surface area (Å²) >= 11 is 3.08. The summed E-state index contributed by atoms with van der Waals surface area (Å²) in [6, 6.07) is 3.80. The lowest BCUT2D eigenvalue weighted by atomic mass is 10.3. The molecular weight excluding hydrogens is 327 g/mol. The largest absolute Gasteiger partial charge is 0.377 e. The van der Waals surface area contributed by atoms with Crippen LogP contribution in [-0.2, 0) is 14.8 Å². The van der Waals surface area contributed by atoms with Gasteiger partial charge < -0.3 is 10.5 Å². The van der Waals surface area contributed by atoms with Gasteiger partial charge in [-0.3, -0.25) is 0 Å². The molecule has 0 saturated carbocycles. The minimum absolute atomic E-state index is 0.109. The standard InChI is InChI=1S/C10H12BrFN2O3S/c11-7-1-2-9(8(12)5-7)18(15,16)14-3-4-17-6-10(14)13/h1-2,5,10H,3-4,6,13H2. The Morgan fingerprint density at radius 3 is 2.83 bits per heavy atom. The van der Waals surface area contributed by atoms with E-state index in [9.17, 15) is 12.8 Å². The van der Waals surface area contributed by atoms with Crippen molar-refractivity contribution in [2.45, 2.75) is 11.1 Å². The Bertz CT molecular complexity index is 552. The number of morpholine rings is 1. The van der Waals surface area contributed by atoms with Gasteiger partial charge in [0, 0.05) is 11.0 Å². The summed E-state index contributed by atoms with van der Waals surface area (Å²) < 4.78 is 44.8. The number of nitrogens with two attached hydrogens (primary N) is 1. The smallest absolute Gasteiger partial charge is 0.247 e. The number of rotatable bonds is 2. The van der Waals surface area contributed by atoms with Crippen LogP contribution < -0.4 is 5.73 Å². The molecule has 0 aliphatic carbocycles. The van der Waals surface area contributed by atoms with E-state index in [4.69, 9.17) is 10.5 Å². The van der Waals surface area contributed by atoms with Crippen LogP contribution in [0.4, 0.5) is 4.39 Å². The molecule has 1 atom stereocenters. The van der Waals surface area contributed by atoms with Crippen molar-refractivity contribution in [3.63, 3.8) is 0 Å². The van der Waals surface area contributed by atoms with Gasteiger partial charge in [-0.05, 0) is 18.2 Å². The lowest BCUT2D eigenvalue weighted by Gasteiger charge is -2.31. The molecular formula is C10H12BrFN2O3S. The van der Waals surface area contributed by atoms with E-state index < -0.39 is 22.0 Å². The maximum Gasteiger partial charge on any atom is 0.247 e. The number of halogens is 2. The van der Waals surface area contributed by atoms with Gasteiger partial charge in [-0.2, -0.15) is 4.31 Å². The van der Waals surface area contributed by atoms with Crippen molar-refractivity contribution in [3.05, 3.63) is 28.5 Å². The number of hydrogen-bond acceptors (Lipinski definition) is 4. The van der Waals surface area contributed by atoms with E-state index in [1.807, 2.05) is 0 Å². The molecule has 1 saturated heterocycles. The number of hydrogen-bond donors (Lipinski definition) is 1. The van der Waals surface area contributed by atoms with Crippen LogP contribution in [0.5, 0.6) is 0 Å². The van der Waals surface area contributed by atoms with Crippen molar-refractivity contribution in [2.75, 3.05) is 19.8 Å². The molecule has 1 heterocycles. The van der Waals surface area contributed by atoms with E-state index in [2.05, 4.69) is 15.9 Å². The topological polar surface area (TPSA) is 72.6 Å². The molecule has 0 aromatic heterocycles. The third-order valence-electron chi connectivity index (χ3n) is 2.60. The summed E-state index contributed by atoms with van der Waals surface area (Å²) in [6.07, 6.45) is -0.785. The Labute approximate surface area is 113 Å². The third-order valence-corrected chi connectivity index (χ3v) is 5.05. The normalized spacial score (nSPS) is 22.1.